The summed E-state index contributed by atoms with van der Waals surface area (Å²) in [5, 5.41) is 0.00544. The lowest BCUT2D eigenvalue weighted by Crippen LogP contribution is -2.07. The largest absolute Gasteiger partial charge is 0.493 e. The third-order valence-electron chi connectivity index (χ3n) is 3.68. The summed E-state index contributed by atoms with van der Waals surface area (Å²) in [4.78, 5) is 16.4. The molecule has 0 aliphatic carbocycles. The van der Waals surface area contributed by atoms with Crippen molar-refractivity contribution in [2.75, 3.05) is 13.4 Å². The Hall–Kier alpha value is -2.84. The lowest BCUT2D eigenvalue weighted by Gasteiger charge is -2.11. The first-order chi connectivity index (χ1) is 13.2. The molecule has 0 saturated carbocycles. The molecule has 0 bridgehead atoms. The van der Waals surface area contributed by atoms with Gasteiger partial charge in [0.05, 0.1) is 18.4 Å². The van der Waals surface area contributed by atoms with Crippen LogP contribution < -0.4 is 8.92 Å². The van der Waals surface area contributed by atoms with Gasteiger partial charge in [0.2, 0.25) is 11.6 Å². The van der Waals surface area contributed by atoms with Crippen LogP contribution in [0.3, 0.4) is 0 Å². The lowest BCUT2D eigenvalue weighted by molar-refractivity contribution is -0.129. The zero-order valence-electron chi connectivity index (χ0n) is 15.2. The molecule has 2 aromatic rings. The smallest absolute Gasteiger partial charge is 0.363 e. The maximum atomic E-state index is 12.2. The van der Waals surface area contributed by atoms with Gasteiger partial charge in [0.15, 0.2) is 11.4 Å². The van der Waals surface area contributed by atoms with Crippen molar-refractivity contribution in [3.63, 3.8) is 0 Å². The molecule has 0 spiro atoms. The van der Waals surface area contributed by atoms with E-state index in [1.165, 1.54) is 25.3 Å². The number of hydrogen-bond donors (Lipinski definition) is 0. The van der Waals surface area contributed by atoms with E-state index in [-0.39, 0.29) is 28.1 Å². The SMILES string of the molecule is COc1cc(/C=C2/N=C(c3cccc(C)c3)OC2=O)cc(Cl)c1OS(C)(=O)=O. The molecule has 28 heavy (non-hydrogen) atoms. The number of cyclic esters (lactones) is 1. The van der Waals surface area contributed by atoms with Gasteiger partial charge in [-0.1, -0.05) is 29.3 Å². The number of aliphatic imine (C=N–C) groups is 1. The van der Waals surface area contributed by atoms with E-state index in [1.54, 1.807) is 6.07 Å². The Bertz CT molecular complexity index is 1120. The first-order valence-electron chi connectivity index (χ1n) is 8.03. The zero-order valence-corrected chi connectivity index (χ0v) is 16.8. The molecule has 0 N–H and O–H groups in total. The van der Waals surface area contributed by atoms with Crippen LogP contribution in [-0.2, 0) is 19.6 Å². The second-order valence-corrected chi connectivity index (χ2v) is 8.01. The minimum atomic E-state index is -3.79. The van der Waals surface area contributed by atoms with E-state index in [9.17, 15) is 13.2 Å². The zero-order chi connectivity index (χ0) is 20.5. The highest BCUT2D eigenvalue weighted by Crippen LogP contribution is 2.38. The molecule has 1 heterocycles. The third-order valence-corrected chi connectivity index (χ3v) is 4.43. The highest BCUT2D eigenvalue weighted by molar-refractivity contribution is 7.86. The summed E-state index contributed by atoms with van der Waals surface area (Å²) in [6.45, 7) is 1.92. The van der Waals surface area contributed by atoms with Crippen LogP contribution in [0.1, 0.15) is 16.7 Å². The van der Waals surface area contributed by atoms with Crippen molar-refractivity contribution in [3.05, 3.63) is 63.8 Å². The van der Waals surface area contributed by atoms with Gasteiger partial charge < -0.3 is 13.7 Å². The fourth-order valence-corrected chi connectivity index (χ4v) is 3.30. The number of methoxy groups -OCH3 is 1. The molecule has 2 aromatic carbocycles. The molecule has 0 saturated heterocycles. The molecular weight excluding hydrogens is 406 g/mol. The Labute approximate surface area is 167 Å². The van der Waals surface area contributed by atoms with Crippen LogP contribution in [-0.4, -0.2) is 33.7 Å². The molecule has 7 nitrogen and oxygen atoms in total. The Morgan fingerprint density at radius 3 is 2.61 bits per heavy atom. The molecule has 0 fully saturated rings. The summed E-state index contributed by atoms with van der Waals surface area (Å²) in [5.74, 6) is -0.441. The first-order valence-corrected chi connectivity index (χ1v) is 10.2. The maximum Gasteiger partial charge on any atom is 0.363 e. The number of hydrogen-bond acceptors (Lipinski definition) is 7. The molecule has 0 unspecified atom stereocenters. The number of carbonyl (C=O) groups is 1. The van der Waals surface area contributed by atoms with Crippen molar-refractivity contribution in [2.45, 2.75) is 6.92 Å². The Balaban J connectivity index is 1.99. The van der Waals surface area contributed by atoms with Crippen molar-refractivity contribution in [1.82, 2.24) is 0 Å². The summed E-state index contributed by atoms with van der Waals surface area (Å²) >= 11 is 6.13. The third kappa shape index (κ3) is 4.52. The average molecular weight is 422 g/mol. The summed E-state index contributed by atoms with van der Waals surface area (Å²) in [6.07, 6.45) is 2.36. The Kier molecular flexibility index (Phi) is 5.44. The topological polar surface area (TPSA) is 91.3 Å². The van der Waals surface area contributed by atoms with Crippen LogP contribution >= 0.6 is 11.6 Å². The van der Waals surface area contributed by atoms with E-state index in [4.69, 9.17) is 25.3 Å². The molecule has 1 aliphatic heterocycles. The summed E-state index contributed by atoms with van der Waals surface area (Å²) in [6, 6.07) is 10.3. The van der Waals surface area contributed by atoms with E-state index in [0.717, 1.165) is 11.8 Å². The molecule has 9 heteroatoms. The van der Waals surface area contributed by atoms with Gasteiger partial charge in [0.25, 0.3) is 0 Å². The van der Waals surface area contributed by atoms with E-state index >= 15 is 0 Å². The average Bonchev–Trinajstić information content (AvgIpc) is 2.97. The minimum Gasteiger partial charge on any atom is -0.493 e. The van der Waals surface area contributed by atoms with Crippen molar-refractivity contribution >= 4 is 39.7 Å². The molecule has 0 radical (unpaired) electrons. The first kappa shape index (κ1) is 19.9. The van der Waals surface area contributed by atoms with Crippen LogP contribution in [0.2, 0.25) is 5.02 Å². The van der Waals surface area contributed by atoms with Gasteiger partial charge in [-0.25, -0.2) is 9.79 Å². The van der Waals surface area contributed by atoms with Gasteiger partial charge >= 0.3 is 16.1 Å². The van der Waals surface area contributed by atoms with Gasteiger partial charge in [-0.15, -0.1) is 0 Å². The highest BCUT2D eigenvalue weighted by atomic mass is 35.5. The number of halogens is 1. The fraction of sp³-hybridized carbons (Fsp3) is 0.158. The monoisotopic (exact) mass is 421 g/mol. The number of nitrogens with zero attached hydrogens (tertiary/aromatic N) is 1. The molecular formula is C19H16ClNO6S. The van der Waals surface area contributed by atoms with Crippen LogP contribution in [0.4, 0.5) is 0 Å². The van der Waals surface area contributed by atoms with Crippen LogP contribution in [0.25, 0.3) is 6.08 Å². The number of benzene rings is 2. The van der Waals surface area contributed by atoms with Crippen molar-refractivity contribution in [1.29, 1.82) is 0 Å². The van der Waals surface area contributed by atoms with Gasteiger partial charge in [0, 0.05) is 5.56 Å². The van der Waals surface area contributed by atoms with Crippen LogP contribution in [0.15, 0.2) is 47.1 Å². The van der Waals surface area contributed by atoms with Gasteiger partial charge in [-0.2, -0.15) is 8.42 Å². The number of ether oxygens (including phenoxy) is 2. The lowest BCUT2D eigenvalue weighted by atomic mass is 10.1. The quantitative estimate of drug-likeness (QED) is 0.417. The molecule has 3 rings (SSSR count). The van der Waals surface area contributed by atoms with Crippen LogP contribution in [0, 0.1) is 6.92 Å². The number of rotatable bonds is 5. The predicted molar refractivity (Wildman–Crippen MR) is 105 cm³/mol. The molecule has 0 amide bonds. The van der Waals surface area contributed by atoms with Gasteiger partial charge in [-0.3, -0.25) is 0 Å². The molecule has 0 aromatic heterocycles. The second kappa shape index (κ2) is 7.65. The van der Waals surface area contributed by atoms with Crippen molar-refractivity contribution in [2.24, 2.45) is 4.99 Å². The van der Waals surface area contributed by atoms with Crippen molar-refractivity contribution < 1.29 is 26.9 Å². The van der Waals surface area contributed by atoms with Gasteiger partial charge in [0.1, 0.15) is 0 Å². The summed E-state index contributed by atoms with van der Waals surface area (Å²) < 4.78 is 38.0. The van der Waals surface area contributed by atoms with E-state index < -0.39 is 16.1 Å². The van der Waals surface area contributed by atoms with E-state index in [1.807, 2.05) is 25.1 Å². The van der Waals surface area contributed by atoms with E-state index in [0.29, 0.717) is 11.1 Å². The minimum absolute atomic E-state index is 0.00544. The number of carbonyl (C=O) groups excluding carboxylic acids is 1. The normalized spacial score (nSPS) is 15.4. The maximum absolute atomic E-state index is 12.2. The van der Waals surface area contributed by atoms with Crippen molar-refractivity contribution in [3.8, 4) is 11.5 Å². The standard InChI is InChI=1S/C19H16ClNO6S/c1-11-5-4-6-13(7-11)18-21-15(19(22)26-18)9-12-8-14(20)17(16(10-12)25-2)27-28(3,23)24/h4-10H,1-3H3/b15-9+. The molecule has 0 atom stereocenters. The number of aryl methyl sites for hydroxylation is 1. The highest BCUT2D eigenvalue weighted by Gasteiger charge is 2.25. The second-order valence-electron chi connectivity index (χ2n) is 6.03. The Morgan fingerprint density at radius 2 is 1.96 bits per heavy atom. The molecule has 1 aliphatic rings. The Morgan fingerprint density at radius 1 is 1.21 bits per heavy atom. The number of esters is 1. The van der Waals surface area contributed by atoms with E-state index in [2.05, 4.69) is 4.99 Å². The summed E-state index contributed by atoms with van der Waals surface area (Å²) in [7, 11) is -2.45. The summed E-state index contributed by atoms with van der Waals surface area (Å²) in [5.41, 5.74) is 2.23. The predicted octanol–water partition coefficient (Wildman–Crippen LogP) is 3.34. The van der Waals surface area contributed by atoms with Crippen LogP contribution in [0.5, 0.6) is 11.5 Å². The fourth-order valence-electron chi connectivity index (χ4n) is 2.52. The van der Waals surface area contributed by atoms with Gasteiger partial charge in [-0.05, 0) is 42.8 Å². The molecule has 146 valence electrons.